The number of alkyl halides is 3. The molecule has 0 aliphatic carbocycles. The first-order valence-electron chi connectivity index (χ1n) is 9.63. The fourth-order valence-electron chi connectivity index (χ4n) is 3.34. The molecule has 1 fully saturated rings. The van der Waals surface area contributed by atoms with E-state index in [1.165, 1.54) is 25.2 Å². The molecule has 1 aliphatic rings. The maximum Gasteiger partial charge on any atom is 0.573 e. The fraction of sp³-hybridized carbons (Fsp3) is 0.381. The first-order valence-corrected chi connectivity index (χ1v) is 9.63. The standard InChI is InChI=1S/C21H22F3NO7/c1-25-20(29)11-3-2-4-12(7-11)30-13-5-6-17(32-21(22,23)24)15(8-13)19-18(28)16(27)9-14(10-26)31-19/h2-8,14,16,18-19,26-28H,9-10H2,1H3,(H,25,29)/t14-,16-,18-,19+/m0/s1. The second-order valence-electron chi connectivity index (χ2n) is 7.11. The molecular formula is C21H22F3NO7. The van der Waals surface area contributed by atoms with Crippen molar-refractivity contribution in [2.75, 3.05) is 13.7 Å². The lowest BCUT2D eigenvalue weighted by Gasteiger charge is -2.37. The molecule has 11 heteroatoms. The summed E-state index contributed by atoms with van der Waals surface area (Å²) in [4.78, 5) is 11.8. The number of carbonyl (C=O) groups is 1. The van der Waals surface area contributed by atoms with Crippen molar-refractivity contribution in [2.45, 2.75) is 37.2 Å². The van der Waals surface area contributed by atoms with E-state index in [2.05, 4.69) is 10.1 Å². The summed E-state index contributed by atoms with van der Waals surface area (Å²) in [6.45, 7) is -0.502. The van der Waals surface area contributed by atoms with E-state index in [4.69, 9.17) is 9.47 Å². The van der Waals surface area contributed by atoms with Gasteiger partial charge in [0.15, 0.2) is 0 Å². The average molecular weight is 457 g/mol. The third kappa shape index (κ3) is 5.68. The zero-order valence-electron chi connectivity index (χ0n) is 16.9. The minimum absolute atomic E-state index is 0.0694. The molecule has 1 heterocycles. The number of ether oxygens (including phenoxy) is 3. The van der Waals surface area contributed by atoms with Gasteiger partial charge in [-0.2, -0.15) is 0 Å². The molecule has 3 rings (SSSR count). The Hall–Kier alpha value is -2.86. The molecule has 0 saturated carbocycles. The molecule has 1 saturated heterocycles. The second kappa shape index (κ2) is 9.74. The molecule has 174 valence electrons. The number of benzene rings is 2. The largest absolute Gasteiger partial charge is 0.573 e. The lowest BCUT2D eigenvalue weighted by molar-refractivity contribution is -0.275. The smallest absolute Gasteiger partial charge is 0.457 e. The summed E-state index contributed by atoms with van der Waals surface area (Å²) in [5.74, 6) is -0.702. The van der Waals surface area contributed by atoms with Gasteiger partial charge < -0.3 is 34.8 Å². The quantitative estimate of drug-likeness (QED) is 0.526. The van der Waals surface area contributed by atoms with Crippen LogP contribution in [0.25, 0.3) is 0 Å². The number of rotatable bonds is 6. The summed E-state index contributed by atoms with van der Waals surface area (Å²) in [6, 6.07) is 9.49. The zero-order chi connectivity index (χ0) is 23.5. The molecule has 8 nitrogen and oxygen atoms in total. The zero-order valence-corrected chi connectivity index (χ0v) is 16.9. The summed E-state index contributed by atoms with van der Waals surface area (Å²) in [5.41, 5.74) is 0.0779. The molecule has 2 aromatic carbocycles. The van der Waals surface area contributed by atoms with Crippen LogP contribution in [0.15, 0.2) is 42.5 Å². The van der Waals surface area contributed by atoms with Gasteiger partial charge in [-0.3, -0.25) is 4.79 Å². The van der Waals surface area contributed by atoms with Gasteiger partial charge in [-0.1, -0.05) is 6.07 Å². The molecular weight excluding hydrogens is 435 g/mol. The molecule has 1 aliphatic heterocycles. The van der Waals surface area contributed by atoms with Crippen LogP contribution in [0.2, 0.25) is 0 Å². The fourth-order valence-corrected chi connectivity index (χ4v) is 3.34. The van der Waals surface area contributed by atoms with Gasteiger partial charge in [-0.15, -0.1) is 13.2 Å². The highest BCUT2D eigenvalue weighted by Crippen LogP contribution is 2.41. The Bertz CT molecular complexity index is 953. The molecule has 0 unspecified atom stereocenters. The molecule has 0 aromatic heterocycles. The molecule has 2 aromatic rings. The van der Waals surface area contributed by atoms with E-state index in [-0.39, 0.29) is 29.4 Å². The molecule has 1 amide bonds. The Morgan fingerprint density at radius 3 is 2.56 bits per heavy atom. The normalized spacial score (nSPS) is 23.5. The van der Waals surface area contributed by atoms with E-state index in [1.54, 1.807) is 18.2 Å². The van der Waals surface area contributed by atoms with Crippen molar-refractivity contribution in [3.8, 4) is 17.2 Å². The van der Waals surface area contributed by atoms with E-state index in [0.29, 0.717) is 5.56 Å². The third-order valence-electron chi connectivity index (χ3n) is 4.82. The molecule has 4 N–H and O–H groups in total. The SMILES string of the molecule is CNC(=O)c1cccc(Oc2ccc(OC(F)(F)F)c([C@H]3O[C@H](CO)C[C@H](O)[C@@H]3O)c2)c1. The van der Waals surface area contributed by atoms with Crippen LogP contribution in [0.3, 0.4) is 0 Å². The van der Waals surface area contributed by atoms with Gasteiger partial charge >= 0.3 is 6.36 Å². The van der Waals surface area contributed by atoms with E-state index >= 15 is 0 Å². The predicted molar refractivity (Wildman–Crippen MR) is 104 cm³/mol. The third-order valence-corrected chi connectivity index (χ3v) is 4.82. The lowest BCUT2D eigenvalue weighted by atomic mass is 9.92. The van der Waals surface area contributed by atoms with Crippen molar-refractivity contribution in [2.24, 2.45) is 0 Å². The van der Waals surface area contributed by atoms with Gasteiger partial charge in [0.05, 0.1) is 18.8 Å². The summed E-state index contributed by atoms with van der Waals surface area (Å²) in [5, 5.41) is 32.3. The highest BCUT2D eigenvalue weighted by molar-refractivity contribution is 5.94. The van der Waals surface area contributed by atoms with Crippen molar-refractivity contribution in [1.82, 2.24) is 5.32 Å². The Balaban J connectivity index is 1.97. The maximum absolute atomic E-state index is 12.9. The van der Waals surface area contributed by atoms with E-state index in [1.807, 2.05) is 0 Å². The van der Waals surface area contributed by atoms with Gasteiger partial charge in [-0.05, 0) is 36.4 Å². The Morgan fingerprint density at radius 2 is 1.91 bits per heavy atom. The number of halogens is 3. The van der Waals surface area contributed by atoms with Gasteiger partial charge in [0, 0.05) is 24.6 Å². The number of carbonyl (C=O) groups excluding carboxylic acids is 1. The van der Waals surface area contributed by atoms with Gasteiger partial charge in [0.25, 0.3) is 5.91 Å². The highest BCUT2D eigenvalue weighted by Gasteiger charge is 2.41. The maximum atomic E-state index is 12.9. The van der Waals surface area contributed by atoms with Crippen LogP contribution < -0.4 is 14.8 Å². The first-order chi connectivity index (χ1) is 15.1. The van der Waals surface area contributed by atoms with Crippen LogP contribution in [0.5, 0.6) is 17.2 Å². The van der Waals surface area contributed by atoms with E-state index < -0.39 is 43.1 Å². The van der Waals surface area contributed by atoms with Crippen molar-refractivity contribution in [3.05, 3.63) is 53.6 Å². The Kier molecular flexibility index (Phi) is 7.24. The van der Waals surface area contributed by atoms with Crippen LogP contribution >= 0.6 is 0 Å². The minimum atomic E-state index is -5.02. The average Bonchev–Trinajstić information content (AvgIpc) is 2.75. The van der Waals surface area contributed by atoms with Gasteiger partial charge in [-0.25, -0.2) is 0 Å². The van der Waals surface area contributed by atoms with Crippen LogP contribution in [-0.2, 0) is 4.74 Å². The predicted octanol–water partition coefficient (Wildman–Crippen LogP) is 2.28. The number of amides is 1. The van der Waals surface area contributed by atoms with Crippen LogP contribution in [-0.4, -0.2) is 59.6 Å². The van der Waals surface area contributed by atoms with Crippen molar-refractivity contribution >= 4 is 5.91 Å². The minimum Gasteiger partial charge on any atom is -0.457 e. The van der Waals surface area contributed by atoms with E-state index in [0.717, 1.165) is 6.07 Å². The Morgan fingerprint density at radius 1 is 1.19 bits per heavy atom. The summed E-state index contributed by atoms with van der Waals surface area (Å²) < 4.78 is 54.0. The molecule has 0 radical (unpaired) electrons. The van der Waals surface area contributed by atoms with Gasteiger partial charge in [0.2, 0.25) is 0 Å². The molecule has 32 heavy (non-hydrogen) atoms. The number of hydrogen-bond acceptors (Lipinski definition) is 7. The van der Waals surface area contributed by atoms with Gasteiger partial charge in [0.1, 0.15) is 29.5 Å². The second-order valence-corrected chi connectivity index (χ2v) is 7.11. The first kappa shape index (κ1) is 23.8. The molecule has 4 atom stereocenters. The summed E-state index contributed by atoms with van der Waals surface area (Å²) in [7, 11) is 1.46. The van der Waals surface area contributed by atoms with Crippen LogP contribution in [0.4, 0.5) is 13.2 Å². The number of nitrogens with one attached hydrogen (secondary N) is 1. The lowest BCUT2D eigenvalue weighted by Crippen LogP contribution is -2.44. The molecule has 0 bridgehead atoms. The topological polar surface area (TPSA) is 117 Å². The number of aliphatic hydroxyl groups is 3. The van der Waals surface area contributed by atoms with E-state index in [9.17, 15) is 33.3 Å². The monoisotopic (exact) mass is 457 g/mol. The molecule has 0 spiro atoms. The van der Waals surface area contributed by atoms with Crippen LogP contribution in [0, 0.1) is 0 Å². The van der Waals surface area contributed by atoms with Crippen molar-refractivity contribution < 1.29 is 47.5 Å². The highest BCUT2D eigenvalue weighted by atomic mass is 19.4. The number of hydrogen-bond donors (Lipinski definition) is 4. The number of aliphatic hydroxyl groups excluding tert-OH is 3. The Labute approximate surface area is 181 Å². The van der Waals surface area contributed by atoms with Crippen molar-refractivity contribution in [1.29, 1.82) is 0 Å². The van der Waals surface area contributed by atoms with Crippen LogP contribution in [0.1, 0.15) is 28.4 Å². The van der Waals surface area contributed by atoms with Crippen molar-refractivity contribution in [3.63, 3.8) is 0 Å². The summed E-state index contributed by atoms with van der Waals surface area (Å²) >= 11 is 0. The summed E-state index contributed by atoms with van der Waals surface area (Å²) in [6.07, 6.45) is -10.3.